The van der Waals surface area contributed by atoms with Crippen LogP contribution in [0.1, 0.15) is 24.4 Å². The van der Waals surface area contributed by atoms with E-state index >= 15 is 0 Å². The Morgan fingerprint density at radius 3 is 2.62 bits per heavy atom. The van der Waals surface area contributed by atoms with Crippen molar-refractivity contribution >= 4 is 29.4 Å². The highest BCUT2D eigenvalue weighted by Crippen LogP contribution is 2.38. The molecule has 1 aromatic rings. The number of nitrogens with one attached hydrogen (secondary N) is 1. The van der Waals surface area contributed by atoms with Gasteiger partial charge < -0.3 is 16.2 Å². The van der Waals surface area contributed by atoms with Crippen LogP contribution in [0.5, 0.6) is 0 Å². The fourth-order valence-corrected chi connectivity index (χ4v) is 3.35. The Balaban J connectivity index is 1.71. The molecular weight excluding hydrogens is 334 g/mol. The van der Waals surface area contributed by atoms with Crippen molar-refractivity contribution < 1.29 is 19.5 Å². The van der Waals surface area contributed by atoms with Gasteiger partial charge in [0.2, 0.25) is 5.91 Å². The molecular formula is C16H16ClN3O4. The zero-order valence-electron chi connectivity index (χ0n) is 12.6. The normalized spacial score (nSPS) is 24.1. The standard InChI is InChI=1S/C16H16ClN3O4/c17-9-6-7-10-12(15(22)20(10)13(9)16(23)24)19-14(21)11(18)8-4-2-1-3-5-8/h1-5,10-12H,6-7,18H2,(H,19,21)(H,23,24)/t10-,11-,12+/m0/s1. The number of allylic oxidation sites excluding steroid dienone is 1. The van der Waals surface area contributed by atoms with Gasteiger partial charge in [-0.25, -0.2) is 4.79 Å². The molecule has 0 spiro atoms. The summed E-state index contributed by atoms with van der Waals surface area (Å²) in [5, 5.41) is 12.0. The third-order valence-electron chi connectivity index (χ3n) is 4.32. The fourth-order valence-electron chi connectivity index (χ4n) is 3.07. The van der Waals surface area contributed by atoms with Gasteiger partial charge in [-0.2, -0.15) is 0 Å². The van der Waals surface area contributed by atoms with Crippen molar-refractivity contribution in [2.45, 2.75) is 31.0 Å². The summed E-state index contributed by atoms with van der Waals surface area (Å²) in [4.78, 5) is 37.0. The summed E-state index contributed by atoms with van der Waals surface area (Å²) in [6.07, 6.45) is 0.849. The van der Waals surface area contributed by atoms with E-state index in [4.69, 9.17) is 17.3 Å². The van der Waals surface area contributed by atoms with Crippen molar-refractivity contribution in [2.75, 3.05) is 0 Å². The Bertz CT molecular complexity index is 734. The second-order valence-electron chi connectivity index (χ2n) is 5.75. The minimum atomic E-state index is -1.25. The highest BCUT2D eigenvalue weighted by molar-refractivity contribution is 6.32. The summed E-state index contributed by atoms with van der Waals surface area (Å²) < 4.78 is 0. The van der Waals surface area contributed by atoms with E-state index in [1.165, 1.54) is 0 Å². The number of fused-ring (bicyclic) bond motifs is 1. The number of carbonyl (C=O) groups excluding carboxylic acids is 2. The van der Waals surface area contributed by atoms with Crippen molar-refractivity contribution in [1.82, 2.24) is 10.2 Å². The molecule has 0 aromatic heterocycles. The molecule has 3 atom stereocenters. The number of nitrogens with zero attached hydrogens (tertiary/aromatic N) is 1. The van der Waals surface area contributed by atoms with Crippen LogP contribution >= 0.6 is 11.6 Å². The van der Waals surface area contributed by atoms with E-state index in [1.807, 2.05) is 6.07 Å². The van der Waals surface area contributed by atoms with E-state index in [0.29, 0.717) is 18.4 Å². The SMILES string of the molecule is N[C@H](C(=O)N[C@H]1C(=O)N2C(C(=O)O)=C(Cl)CC[C@@H]12)c1ccccc1. The van der Waals surface area contributed by atoms with E-state index in [-0.39, 0.29) is 10.7 Å². The molecule has 4 N–H and O–H groups in total. The maximum atomic E-state index is 12.3. The third kappa shape index (κ3) is 2.65. The van der Waals surface area contributed by atoms with Gasteiger partial charge >= 0.3 is 5.97 Å². The number of nitrogens with two attached hydrogens (primary N) is 1. The van der Waals surface area contributed by atoms with E-state index in [9.17, 15) is 19.5 Å². The highest BCUT2D eigenvalue weighted by Gasteiger charge is 2.53. The van der Waals surface area contributed by atoms with Gasteiger partial charge in [-0.15, -0.1) is 0 Å². The van der Waals surface area contributed by atoms with Gasteiger partial charge in [-0.1, -0.05) is 41.9 Å². The molecule has 126 valence electrons. The zero-order chi connectivity index (χ0) is 17.4. The van der Waals surface area contributed by atoms with Crippen LogP contribution in [0.2, 0.25) is 0 Å². The molecule has 24 heavy (non-hydrogen) atoms. The molecule has 2 amide bonds. The van der Waals surface area contributed by atoms with Crippen molar-refractivity contribution in [3.63, 3.8) is 0 Å². The van der Waals surface area contributed by atoms with Crippen molar-refractivity contribution in [3.8, 4) is 0 Å². The largest absolute Gasteiger partial charge is 0.477 e. The number of β-lactam (4-membered cyclic amide) rings is 1. The number of hydrogen-bond donors (Lipinski definition) is 3. The first-order valence-corrected chi connectivity index (χ1v) is 7.85. The number of carboxylic acids is 1. The molecule has 2 aliphatic heterocycles. The number of carboxylic acid groups (broad SMARTS) is 1. The Morgan fingerprint density at radius 1 is 1.33 bits per heavy atom. The molecule has 0 saturated carbocycles. The lowest BCUT2D eigenvalue weighted by Gasteiger charge is -2.49. The second kappa shape index (κ2) is 6.26. The first-order valence-electron chi connectivity index (χ1n) is 7.47. The summed E-state index contributed by atoms with van der Waals surface area (Å²) >= 11 is 5.92. The lowest BCUT2D eigenvalue weighted by Crippen LogP contribution is -2.72. The Kier molecular flexibility index (Phi) is 4.29. The molecule has 1 aromatic carbocycles. The van der Waals surface area contributed by atoms with Crippen LogP contribution in [0.3, 0.4) is 0 Å². The maximum Gasteiger partial charge on any atom is 0.353 e. The van der Waals surface area contributed by atoms with Gasteiger partial charge in [0.1, 0.15) is 17.8 Å². The van der Waals surface area contributed by atoms with Crippen LogP contribution in [0, 0.1) is 0 Å². The number of amides is 2. The number of hydrogen-bond acceptors (Lipinski definition) is 4. The quantitative estimate of drug-likeness (QED) is 0.693. The minimum Gasteiger partial charge on any atom is -0.477 e. The summed E-state index contributed by atoms with van der Waals surface area (Å²) in [6.45, 7) is 0. The molecule has 2 aliphatic rings. The van der Waals surface area contributed by atoms with Gasteiger partial charge in [-0.3, -0.25) is 14.5 Å². The number of rotatable bonds is 4. The Hall–Kier alpha value is -2.38. The van der Waals surface area contributed by atoms with Crippen LogP contribution in [0.25, 0.3) is 0 Å². The van der Waals surface area contributed by atoms with Crippen LogP contribution < -0.4 is 11.1 Å². The lowest BCUT2D eigenvalue weighted by atomic mass is 9.86. The van der Waals surface area contributed by atoms with Crippen molar-refractivity contribution in [2.24, 2.45) is 5.73 Å². The number of aliphatic carboxylic acids is 1. The molecule has 1 fully saturated rings. The summed E-state index contributed by atoms with van der Waals surface area (Å²) in [5.74, 6) is -2.20. The number of halogens is 1. The van der Waals surface area contributed by atoms with E-state index in [1.54, 1.807) is 24.3 Å². The molecule has 1 saturated heterocycles. The smallest absolute Gasteiger partial charge is 0.353 e. The predicted molar refractivity (Wildman–Crippen MR) is 85.7 cm³/mol. The minimum absolute atomic E-state index is 0.151. The van der Waals surface area contributed by atoms with E-state index in [0.717, 1.165) is 4.90 Å². The number of benzene rings is 1. The molecule has 8 heteroatoms. The van der Waals surface area contributed by atoms with Gasteiger partial charge in [0, 0.05) is 5.03 Å². The molecule has 7 nitrogen and oxygen atoms in total. The molecule has 0 radical (unpaired) electrons. The Labute approximate surface area is 143 Å². The van der Waals surface area contributed by atoms with Gasteiger partial charge in [-0.05, 0) is 18.4 Å². The van der Waals surface area contributed by atoms with E-state index < -0.39 is 35.9 Å². The topological polar surface area (TPSA) is 113 Å². The third-order valence-corrected chi connectivity index (χ3v) is 4.69. The first-order chi connectivity index (χ1) is 11.4. The van der Waals surface area contributed by atoms with Crippen LogP contribution in [0.4, 0.5) is 0 Å². The predicted octanol–water partition coefficient (Wildman–Crippen LogP) is 0.711. The van der Waals surface area contributed by atoms with Crippen LogP contribution in [-0.4, -0.2) is 39.9 Å². The summed E-state index contributed by atoms with van der Waals surface area (Å²) in [5.41, 5.74) is 6.35. The van der Waals surface area contributed by atoms with Gasteiger partial charge in [0.05, 0.1) is 6.04 Å². The van der Waals surface area contributed by atoms with Crippen molar-refractivity contribution in [3.05, 3.63) is 46.6 Å². The maximum absolute atomic E-state index is 12.3. The summed E-state index contributed by atoms with van der Waals surface area (Å²) in [6, 6.07) is 6.74. The molecule has 3 rings (SSSR count). The van der Waals surface area contributed by atoms with Gasteiger partial charge in [0.25, 0.3) is 5.91 Å². The molecule has 0 aliphatic carbocycles. The Morgan fingerprint density at radius 2 is 2.00 bits per heavy atom. The molecule has 0 unspecified atom stereocenters. The summed E-state index contributed by atoms with van der Waals surface area (Å²) in [7, 11) is 0. The lowest BCUT2D eigenvalue weighted by molar-refractivity contribution is -0.156. The van der Waals surface area contributed by atoms with Crippen molar-refractivity contribution in [1.29, 1.82) is 0 Å². The first kappa shape index (κ1) is 16.5. The number of carbonyl (C=O) groups is 3. The van der Waals surface area contributed by atoms with Gasteiger partial charge in [0.15, 0.2) is 0 Å². The average Bonchev–Trinajstić information content (AvgIpc) is 2.59. The van der Waals surface area contributed by atoms with Crippen LogP contribution in [0.15, 0.2) is 41.1 Å². The molecule has 2 heterocycles. The zero-order valence-corrected chi connectivity index (χ0v) is 13.4. The van der Waals surface area contributed by atoms with Crippen LogP contribution in [-0.2, 0) is 14.4 Å². The second-order valence-corrected chi connectivity index (χ2v) is 6.20. The van der Waals surface area contributed by atoms with E-state index in [2.05, 4.69) is 5.32 Å². The monoisotopic (exact) mass is 349 g/mol. The average molecular weight is 350 g/mol. The highest BCUT2D eigenvalue weighted by atomic mass is 35.5. The molecule has 0 bridgehead atoms. The fraction of sp³-hybridized carbons (Fsp3) is 0.312.